The fourth-order valence-electron chi connectivity index (χ4n) is 3.45. The predicted octanol–water partition coefficient (Wildman–Crippen LogP) is 5.31. The fraction of sp³-hybridized carbons (Fsp3) is 0.261. The molecule has 4 rings (SSSR count). The number of unbranched alkanes of at least 4 members (excludes halogenated alkanes) is 1. The molecule has 0 radical (unpaired) electrons. The highest BCUT2D eigenvalue weighted by atomic mass is 79.9. The number of rotatable bonds is 10. The van der Waals surface area contributed by atoms with Crippen molar-refractivity contribution in [1.82, 2.24) is 19.7 Å². The lowest BCUT2D eigenvalue weighted by molar-refractivity contribution is -0.757. The van der Waals surface area contributed by atoms with Crippen LogP contribution in [-0.4, -0.2) is 38.0 Å². The second-order valence-electron chi connectivity index (χ2n) is 7.55. The number of aryl methyl sites for hydroxylation is 2. The van der Waals surface area contributed by atoms with Crippen LogP contribution in [0.4, 0.5) is 11.5 Å². The van der Waals surface area contributed by atoms with Crippen molar-refractivity contribution in [3.8, 4) is 11.4 Å². The molecule has 0 aliphatic heterocycles. The van der Waals surface area contributed by atoms with Crippen molar-refractivity contribution in [3.05, 3.63) is 74.6 Å². The molecule has 2 aromatic heterocycles. The number of nitrogens with one attached hydrogen (secondary N) is 1. The Hall–Kier alpha value is -3.73. The summed E-state index contributed by atoms with van der Waals surface area (Å²) in [6.45, 7) is 4.32. The fourth-order valence-corrected chi connectivity index (χ4v) is 3.71. The van der Waals surface area contributed by atoms with E-state index in [-0.39, 0.29) is 6.61 Å². The molecule has 0 fully saturated rings. The summed E-state index contributed by atoms with van der Waals surface area (Å²) >= 11 is 3.47. The monoisotopic (exact) mass is 526 g/mol. The van der Waals surface area contributed by atoms with E-state index in [1.54, 1.807) is 0 Å². The molecular weight excluding hydrogens is 504 g/mol. The van der Waals surface area contributed by atoms with Gasteiger partial charge in [0.25, 0.3) is 5.09 Å². The number of halogens is 1. The molecule has 10 nitrogen and oxygen atoms in total. The molecule has 4 aromatic rings. The van der Waals surface area contributed by atoms with Gasteiger partial charge >= 0.3 is 0 Å². The zero-order valence-corrected chi connectivity index (χ0v) is 20.3. The van der Waals surface area contributed by atoms with Crippen LogP contribution >= 0.6 is 15.9 Å². The van der Waals surface area contributed by atoms with Gasteiger partial charge in [-0.15, -0.1) is 10.1 Å². The topological polar surface area (TPSA) is 117 Å². The molecule has 0 spiro atoms. The molecule has 176 valence electrons. The van der Waals surface area contributed by atoms with Gasteiger partial charge in [-0.1, -0.05) is 15.9 Å². The average molecular weight is 527 g/mol. The van der Waals surface area contributed by atoms with Gasteiger partial charge in [-0.2, -0.15) is 5.10 Å². The van der Waals surface area contributed by atoms with Crippen LogP contribution in [0.2, 0.25) is 0 Å². The average Bonchev–Trinajstić information content (AvgIpc) is 3.13. The molecule has 0 saturated heterocycles. The highest BCUT2D eigenvalue weighted by Crippen LogP contribution is 2.29. The first-order valence-electron chi connectivity index (χ1n) is 10.7. The van der Waals surface area contributed by atoms with Gasteiger partial charge < -0.3 is 14.9 Å². The van der Waals surface area contributed by atoms with Crippen LogP contribution in [-0.2, 0) is 4.84 Å². The molecule has 2 heterocycles. The number of ether oxygens (including phenoxy) is 1. The van der Waals surface area contributed by atoms with Crippen molar-refractivity contribution in [1.29, 1.82) is 0 Å². The smallest absolute Gasteiger partial charge is 0.294 e. The van der Waals surface area contributed by atoms with Crippen LogP contribution in [0.25, 0.3) is 16.7 Å². The minimum Gasteiger partial charge on any atom is -0.494 e. The maximum absolute atomic E-state index is 10.1. The normalized spacial score (nSPS) is 10.9. The Morgan fingerprint density at radius 1 is 1.03 bits per heavy atom. The summed E-state index contributed by atoms with van der Waals surface area (Å²) in [6.07, 6.45) is 1.21. The Balaban J connectivity index is 1.48. The Morgan fingerprint density at radius 2 is 1.74 bits per heavy atom. The van der Waals surface area contributed by atoms with Gasteiger partial charge in [-0.25, -0.2) is 14.6 Å². The Morgan fingerprint density at radius 3 is 2.44 bits per heavy atom. The van der Waals surface area contributed by atoms with Gasteiger partial charge in [-0.3, -0.25) is 0 Å². The Kier molecular flexibility index (Phi) is 7.21. The second kappa shape index (κ2) is 10.5. The first-order chi connectivity index (χ1) is 16.4. The molecule has 2 aromatic carbocycles. The van der Waals surface area contributed by atoms with Gasteiger partial charge in [0, 0.05) is 10.2 Å². The van der Waals surface area contributed by atoms with Crippen LogP contribution in [0.1, 0.15) is 24.4 Å². The van der Waals surface area contributed by atoms with Crippen LogP contribution in [0.5, 0.6) is 5.75 Å². The van der Waals surface area contributed by atoms with Crippen molar-refractivity contribution in [2.24, 2.45) is 0 Å². The molecule has 34 heavy (non-hydrogen) atoms. The zero-order valence-electron chi connectivity index (χ0n) is 18.7. The molecule has 0 aliphatic carbocycles. The van der Waals surface area contributed by atoms with Gasteiger partial charge in [0.1, 0.15) is 17.4 Å². The van der Waals surface area contributed by atoms with Crippen LogP contribution < -0.4 is 10.1 Å². The summed E-state index contributed by atoms with van der Waals surface area (Å²) in [5, 5.41) is 18.3. The third-order valence-electron chi connectivity index (χ3n) is 5.01. The summed E-state index contributed by atoms with van der Waals surface area (Å²) in [6, 6.07) is 15.4. The van der Waals surface area contributed by atoms with E-state index >= 15 is 0 Å². The summed E-state index contributed by atoms with van der Waals surface area (Å²) in [4.78, 5) is 23.7. The molecule has 1 N–H and O–H groups in total. The van der Waals surface area contributed by atoms with E-state index in [1.807, 2.05) is 67.1 Å². The van der Waals surface area contributed by atoms with Crippen LogP contribution in [0, 0.1) is 24.0 Å². The lowest BCUT2D eigenvalue weighted by Crippen LogP contribution is -2.04. The van der Waals surface area contributed by atoms with E-state index in [9.17, 15) is 10.1 Å². The number of hydrogen-bond donors (Lipinski definition) is 1. The summed E-state index contributed by atoms with van der Waals surface area (Å²) in [7, 11) is 0. The quantitative estimate of drug-likeness (QED) is 0.168. The van der Waals surface area contributed by atoms with E-state index in [0.717, 1.165) is 32.6 Å². The largest absolute Gasteiger partial charge is 0.494 e. The SMILES string of the molecule is Cc1nc(Nc2ccc(OCCCCO[N+](=O)[O-])cc2)c2c(C)nn(-c3ccc(Br)cc3)c2n1. The van der Waals surface area contributed by atoms with Gasteiger partial charge in [0.05, 0.1) is 30.0 Å². The van der Waals surface area contributed by atoms with Gasteiger partial charge in [0.15, 0.2) is 5.65 Å². The van der Waals surface area contributed by atoms with E-state index < -0.39 is 5.09 Å². The highest BCUT2D eigenvalue weighted by Gasteiger charge is 2.17. The minimum atomic E-state index is -0.785. The van der Waals surface area contributed by atoms with Crippen molar-refractivity contribution in [3.63, 3.8) is 0 Å². The van der Waals surface area contributed by atoms with Crippen molar-refractivity contribution in [2.45, 2.75) is 26.7 Å². The molecule has 0 aliphatic rings. The molecule has 0 bridgehead atoms. The summed E-state index contributed by atoms with van der Waals surface area (Å²) in [5.74, 6) is 2.03. The first kappa shape index (κ1) is 23.4. The van der Waals surface area contributed by atoms with Gasteiger partial charge in [-0.05, 0) is 75.2 Å². The van der Waals surface area contributed by atoms with E-state index in [1.165, 1.54) is 0 Å². The number of anilines is 2. The molecule has 0 amide bonds. The van der Waals surface area contributed by atoms with Gasteiger partial charge in [0.2, 0.25) is 0 Å². The lowest BCUT2D eigenvalue weighted by atomic mass is 10.2. The number of fused-ring (bicyclic) bond motifs is 1. The van der Waals surface area contributed by atoms with E-state index in [0.29, 0.717) is 36.8 Å². The standard InChI is InChI=1S/C23H23BrN6O4/c1-15-21-22(25-16(2)26-23(21)29(28-15)19-9-5-17(24)6-10-19)27-18-7-11-20(12-8-18)33-13-3-4-14-34-30(31)32/h5-12H,3-4,13-14H2,1-2H3,(H,25,26,27). The maximum atomic E-state index is 10.1. The number of benzene rings is 2. The summed E-state index contributed by atoms with van der Waals surface area (Å²) < 4.78 is 8.51. The first-order valence-corrected chi connectivity index (χ1v) is 11.5. The predicted molar refractivity (Wildman–Crippen MR) is 131 cm³/mol. The number of aromatic nitrogens is 4. The van der Waals surface area contributed by atoms with E-state index in [4.69, 9.17) is 9.84 Å². The van der Waals surface area contributed by atoms with Crippen molar-refractivity contribution >= 4 is 38.5 Å². The van der Waals surface area contributed by atoms with Crippen LogP contribution in [0.15, 0.2) is 53.0 Å². The lowest BCUT2D eigenvalue weighted by Gasteiger charge is -2.10. The van der Waals surface area contributed by atoms with Crippen LogP contribution in [0.3, 0.4) is 0 Å². The highest BCUT2D eigenvalue weighted by molar-refractivity contribution is 9.10. The molecule has 0 atom stereocenters. The minimum absolute atomic E-state index is 0.0733. The summed E-state index contributed by atoms with van der Waals surface area (Å²) in [5.41, 5.74) is 3.32. The van der Waals surface area contributed by atoms with Crippen molar-refractivity contribution < 1.29 is 14.7 Å². The Bertz CT molecular complexity index is 1290. The molecular formula is C23H23BrN6O4. The Labute approximate surface area is 204 Å². The third-order valence-corrected chi connectivity index (χ3v) is 5.54. The number of nitrogens with zero attached hydrogens (tertiary/aromatic N) is 5. The molecule has 11 heteroatoms. The van der Waals surface area contributed by atoms with Crippen molar-refractivity contribution in [2.75, 3.05) is 18.5 Å². The number of hydrogen-bond acceptors (Lipinski definition) is 8. The second-order valence-corrected chi connectivity index (χ2v) is 8.47. The zero-order chi connectivity index (χ0) is 24.1. The molecule has 0 saturated carbocycles. The molecule has 0 unspecified atom stereocenters. The third kappa shape index (κ3) is 5.60. The van der Waals surface area contributed by atoms with E-state index in [2.05, 4.69) is 36.1 Å². The maximum Gasteiger partial charge on any atom is 0.294 e.